The number of fused-ring (bicyclic) bond motifs is 1. The van der Waals surface area contributed by atoms with Gasteiger partial charge in [0.15, 0.2) is 0 Å². The standard InChI is InChI=1S/C12H22N2O2/c1-12(2,3)16-11(15)14-7-9-5-13(4)6-10(9)8-14/h9-10H,5-8H2,1-4H3/t9-,10+. The molecule has 0 radical (unpaired) electrons. The highest BCUT2D eigenvalue weighted by molar-refractivity contribution is 5.68. The summed E-state index contributed by atoms with van der Waals surface area (Å²) in [4.78, 5) is 16.1. The molecule has 2 aliphatic rings. The lowest BCUT2D eigenvalue weighted by molar-refractivity contribution is 0.0276. The van der Waals surface area contributed by atoms with Crippen molar-refractivity contribution < 1.29 is 9.53 Å². The molecule has 4 heteroatoms. The van der Waals surface area contributed by atoms with Crippen LogP contribution in [-0.4, -0.2) is 54.7 Å². The van der Waals surface area contributed by atoms with Crippen molar-refractivity contribution in [2.75, 3.05) is 33.2 Å². The number of carbonyl (C=O) groups excluding carboxylic acids is 1. The van der Waals surface area contributed by atoms with Gasteiger partial charge in [-0.2, -0.15) is 0 Å². The topological polar surface area (TPSA) is 32.8 Å². The highest BCUT2D eigenvalue weighted by Crippen LogP contribution is 2.30. The number of ether oxygens (including phenoxy) is 1. The summed E-state index contributed by atoms with van der Waals surface area (Å²) in [6.45, 7) is 9.70. The number of rotatable bonds is 0. The average molecular weight is 226 g/mol. The summed E-state index contributed by atoms with van der Waals surface area (Å²) in [6.07, 6.45) is -0.149. The second-order valence-corrected chi connectivity index (χ2v) is 6.13. The molecule has 1 amide bonds. The largest absolute Gasteiger partial charge is 0.444 e. The van der Waals surface area contributed by atoms with Crippen LogP contribution in [0.2, 0.25) is 0 Å². The predicted molar refractivity (Wildman–Crippen MR) is 62.3 cm³/mol. The Morgan fingerprint density at radius 2 is 1.62 bits per heavy atom. The van der Waals surface area contributed by atoms with E-state index >= 15 is 0 Å². The molecule has 2 aliphatic heterocycles. The van der Waals surface area contributed by atoms with Crippen LogP contribution >= 0.6 is 0 Å². The van der Waals surface area contributed by atoms with Gasteiger partial charge in [-0.25, -0.2) is 4.79 Å². The summed E-state index contributed by atoms with van der Waals surface area (Å²) in [5.74, 6) is 1.30. The summed E-state index contributed by atoms with van der Waals surface area (Å²) < 4.78 is 5.39. The zero-order chi connectivity index (χ0) is 11.9. The van der Waals surface area contributed by atoms with E-state index in [2.05, 4.69) is 11.9 Å². The highest BCUT2D eigenvalue weighted by atomic mass is 16.6. The fourth-order valence-electron chi connectivity index (χ4n) is 2.70. The molecule has 0 aliphatic carbocycles. The van der Waals surface area contributed by atoms with Crippen molar-refractivity contribution >= 4 is 6.09 Å². The van der Waals surface area contributed by atoms with Crippen molar-refractivity contribution in [3.63, 3.8) is 0 Å². The lowest BCUT2D eigenvalue weighted by Gasteiger charge is -2.25. The Balaban J connectivity index is 1.88. The number of carbonyl (C=O) groups is 1. The maximum atomic E-state index is 11.9. The van der Waals surface area contributed by atoms with Gasteiger partial charge in [0.05, 0.1) is 0 Å². The van der Waals surface area contributed by atoms with Gasteiger partial charge < -0.3 is 14.5 Å². The Kier molecular flexibility index (Phi) is 2.86. The van der Waals surface area contributed by atoms with Crippen molar-refractivity contribution in [3.05, 3.63) is 0 Å². The molecule has 16 heavy (non-hydrogen) atoms. The second-order valence-electron chi connectivity index (χ2n) is 6.13. The van der Waals surface area contributed by atoms with Crippen molar-refractivity contribution in [2.24, 2.45) is 11.8 Å². The van der Waals surface area contributed by atoms with Gasteiger partial charge in [-0.15, -0.1) is 0 Å². The molecule has 0 aromatic carbocycles. The molecular formula is C12H22N2O2. The first kappa shape index (κ1) is 11.7. The van der Waals surface area contributed by atoms with Crippen molar-refractivity contribution in [1.29, 1.82) is 0 Å². The van der Waals surface area contributed by atoms with Crippen LogP contribution in [0.15, 0.2) is 0 Å². The van der Waals surface area contributed by atoms with Crippen LogP contribution in [-0.2, 0) is 4.74 Å². The van der Waals surface area contributed by atoms with Crippen molar-refractivity contribution in [3.8, 4) is 0 Å². The smallest absolute Gasteiger partial charge is 0.410 e. The molecule has 0 aromatic rings. The first-order valence-electron chi connectivity index (χ1n) is 6.01. The quantitative estimate of drug-likeness (QED) is 0.626. The SMILES string of the molecule is CN1C[C@@H]2CN(C(=O)OC(C)(C)C)C[C@@H]2C1. The van der Waals surface area contributed by atoms with Crippen LogP contribution in [0.5, 0.6) is 0 Å². The number of hydrogen-bond acceptors (Lipinski definition) is 3. The monoisotopic (exact) mass is 226 g/mol. The Morgan fingerprint density at radius 1 is 1.12 bits per heavy atom. The molecule has 2 atom stereocenters. The zero-order valence-corrected chi connectivity index (χ0v) is 10.7. The Morgan fingerprint density at radius 3 is 2.06 bits per heavy atom. The fourth-order valence-corrected chi connectivity index (χ4v) is 2.70. The third-order valence-electron chi connectivity index (χ3n) is 3.32. The van der Waals surface area contributed by atoms with Crippen LogP contribution in [0.1, 0.15) is 20.8 Å². The Labute approximate surface area is 97.5 Å². The van der Waals surface area contributed by atoms with Gasteiger partial charge in [-0.1, -0.05) is 0 Å². The summed E-state index contributed by atoms with van der Waals surface area (Å²) in [5.41, 5.74) is -0.383. The van der Waals surface area contributed by atoms with E-state index < -0.39 is 0 Å². The van der Waals surface area contributed by atoms with E-state index in [0.717, 1.165) is 26.2 Å². The molecule has 0 N–H and O–H groups in total. The van der Waals surface area contributed by atoms with Gasteiger partial charge in [-0.05, 0) is 39.7 Å². The fraction of sp³-hybridized carbons (Fsp3) is 0.917. The molecule has 2 rings (SSSR count). The first-order chi connectivity index (χ1) is 7.35. The minimum absolute atomic E-state index is 0.149. The first-order valence-corrected chi connectivity index (χ1v) is 6.01. The Hall–Kier alpha value is -0.770. The molecule has 0 spiro atoms. The molecule has 2 fully saturated rings. The lowest BCUT2D eigenvalue weighted by atomic mass is 10.0. The average Bonchev–Trinajstić information content (AvgIpc) is 2.56. The van der Waals surface area contributed by atoms with E-state index in [1.807, 2.05) is 25.7 Å². The van der Waals surface area contributed by atoms with Gasteiger partial charge in [0.1, 0.15) is 5.60 Å². The molecule has 0 unspecified atom stereocenters. The van der Waals surface area contributed by atoms with E-state index in [4.69, 9.17) is 4.74 Å². The van der Waals surface area contributed by atoms with E-state index in [1.165, 1.54) is 0 Å². The molecule has 0 saturated carbocycles. The van der Waals surface area contributed by atoms with Crippen molar-refractivity contribution in [2.45, 2.75) is 26.4 Å². The third kappa shape index (κ3) is 2.48. The minimum atomic E-state index is -0.383. The molecule has 2 saturated heterocycles. The van der Waals surface area contributed by atoms with Gasteiger partial charge in [0, 0.05) is 26.2 Å². The van der Waals surface area contributed by atoms with Crippen LogP contribution in [0.4, 0.5) is 4.79 Å². The molecule has 2 heterocycles. The molecular weight excluding hydrogens is 204 g/mol. The van der Waals surface area contributed by atoms with Gasteiger partial charge in [0.25, 0.3) is 0 Å². The summed E-state index contributed by atoms with van der Waals surface area (Å²) >= 11 is 0. The number of amides is 1. The zero-order valence-electron chi connectivity index (χ0n) is 10.7. The minimum Gasteiger partial charge on any atom is -0.444 e. The van der Waals surface area contributed by atoms with E-state index in [-0.39, 0.29) is 11.7 Å². The van der Waals surface area contributed by atoms with E-state index in [9.17, 15) is 4.79 Å². The maximum absolute atomic E-state index is 11.9. The van der Waals surface area contributed by atoms with Crippen LogP contribution < -0.4 is 0 Å². The molecule has 0 aromatic heterocycles. The van der Waals surface area contributed by atoms with Crippen LogP contribution in [0.25, 0.3) is 0 Å². The van der Waals surface area contributed by atoms with Gasteiger partial charge in [0.2, 0.25) is 0 Å². The van der Waals surface area contributed by atoms with Crippen LogP contribution in [0.3, 0.4) is 0 Å². The van der Waals surface area contributed by atoms with E-state index in [1.54, 1.807) is 0 Å². The lowest BCUT2D eigenvalue weighted by Crippen LogP contribution is -2.37. The van der Waals surface area contributed by atoms with Crippen molar-refractivity contribution in [1.82, 2.24) is 9.80 Å². The van der Waals surface area contributed by atoms with Crippen LogP contribution in [0, 0.1) is 11.8 Å². The predicted octanol–water partition coefficient (Wildman–Crippen LogP) is 1.41. The van der Waals surface area contributed by atoms with Gasteiger partial charge in [-0.3, -0.25) is 0 Å². The van der Waals surface area contributed by atoms with E-state index in [0.29, 0.717) is 11.8 Å². The molecule has 92 valence electrons. The van der Waals surface area contributed by atoms with Gasteiger partial charge >= 0.3 is 6.09 Å². The maximum Gasteiger partial charge on any atom is 0.410 e. The normalized spacial score (nSPS) is 30.6. The third-order valence-corrected chi connectivity index (χ3v) is 3.32. The Bertz CT molecular complexity index is 271. The molecule has 0 bridgehead atoms. The summed E-state index contributed by atoms with van der Waals surface area (Å²) in [6, 6.07) is 0. The number of hydrogen-bond donors (Lipinski definition) is 0. The number of likely N-dealkylation sites (tertiary alicyclic amines) is 2. The number of nitrogens with zero attached hydrogens (tertiary/aromatic N) is 2. The second kappa shape index (κ2) is 3.91. The summed E-state index contributed by atoms with van der Waals surface area (Å²) in [5, 5.41) is 0. The summed E-state index contributed by atoms with van der Waals surface area (Å²) in [7, 11) is 2.15. The molecule has 4 nitrogen and oxygen atoms in total. The highest BCUT2D eigenvalue weighted by Gasteiger charge is 2.41.